The molecule has 0 radical (unpaired) electrons. The van der Waals surface area contributed by atoms with Crippen LogP contribution in [-0.4, -0.2) is 60.3 Å². The van der Waals surface area contributed by atoms with Crippen molar-refractivity contribution in [3.8, 4) is 5.88 Å². The van der Waals surface area contributed by atoms with Crippen LogP contribution in [0.3, 0.4) is 0 Å². The number of hydrogen-bond donors (Lipinski definition) is 1. The fraction of sp³-hybridized carbons (Fsp3) is 0.667. The van der Waals surface area contributed by atoms with E-state index in [0.29, 0.717) is 24.6 Å². The molecule has 3 rings (SSSR count). The molecule has 30 heavy (non-hydrogen) atoms. The lowest BCUT2D eigenvalue weighted by atomic mass is 10.2. The van der Waals surface area contributed by atoms with Gasteiger partial charge in [-0.1, -0.05) is 0 Å². The lowest BCUT2D eigenvalue weighted by molar-refractivity contribution is -0.125. The predicted octanol–water partition coefficient (Wildman–Crippen LogP) is 2.84. The molecule has 2 aliphatic rings. The van der Waals surface area contributed by atoms with Gasteiger partial charge in [-0.25, -0.2) is 9.18 Å². The van der Waals surface area contributed by atoms with Crippen molar-refractivity contribution in [2.45, 2.75) is 70.7 Å². The molecule has 1 N–H and O–H groups in total. The topological polar surface area (TPSA) is 84.0 Å². The van der Waals surface area contributed by atoms with E-state index in [-0.39, 0.29) is 24.1 Å². The van der Waals surface area contributed by atoms with E-state index < -0.39 is 23.6 Å². The first-order chi connectivity index (χ1) is 14.1. The summed E-state index contributed by atoms with van der Waals surface area (Å²) in [5.41, 5.74) is -0.190. The van der Waals surface area contributed by atoms with E-state index in [1.165, 1.54) is 18.1 Å². The Morgan fingerprint density at radius 3 is 2.63 bits per heavy atom. The summed E-state index contributed by atoms with van der Waals surface area (Å²) in [6.07, 6.45) is 2.82. The summed E-state index contributed by atoms with van der Waals surface area (Å²) < 4.78 is 25.3. The molecular weight excluding hydrogens is 391 g/mol. The Bertz CT molecular complexity index is 807. The maximum Gasteiger partial charge on any atom is 0.410 e. The first kappa shape index (κ1) is 22.1. The van der Waals surface area contributed by atoms with Gasteiger partial charge in [-0.15, -0.1) is 0 Å². The van der Waals surface area contributed by atoms with Crippen molar-refractivity contribution in [3.05, 3.63) is 17.4 Å². The molecule has 1 saturated heterocycles. The van der Waals surface area contributed by atoms with E-state index in [1.54, 1.807) is 20.8 Å². The molecule has 2 amide bonds. The van der Waals surface area contributed by atoms with Gasteiger partial charge < -0.3 is 19.7 Å². The molecule has 0 bridgehead atoms. The van der Waals surface area contributed by atoms with Gasteiger partial charge in [0.05, 0.1) is 7.11 Å². The lowest BCUT2D eigenvalue weighted by Crippen LogP contribution is -2.47. The molecule has 0 aromatic carbocycles. The third kappa shape index (κ3) is 5.12. The van der Waals surface area contributed by atoms with Crippen molar-refractivity contribution >= 4 is 17.8 Å². The van der Waals surface area contributed by atoms with Crippen LogP contribution in [-0.2, 0) is 16.1 Å². The molecule has 1 aromatic heterocycles. The fourth-order valence-corrected chi connectivity index (χ4v) is 3.56. The molecule has 166 valence electrons. The van der Waals surface area contributed by atoms with Gasteiger partial charge in [0, 0.05) is 31.7 Å². The summed E-state index contributed by atoms with van der Waals surface area (Å²) in [6, 6.07) is 1.05. The number of carbonyl (C=O) groups excluding carboxylic acids is 2. The molecule has 1 aromatic rings. The number of methoxy groups -OCH3 is 1. The van der Waals surface area contributed by atoms with Crippen LogP contribution in [0, 0.1) is 5.82 Å². The number of halogens is 1. The Kier molecular flexibility index (Phi) is 6.38. The number of carbonyl (C=O) groups is 2. The van der Waals surface area contributed by atoms with Crippen LogP contribution in [0.15, 0.2) is 6.07 Å². The highest BCUT2D eigenvalue weighted by Crippen LogP contribution is 2.32. The third-order valence-corrected chi connectivity index (χ3v) is 5.26. The second-order valence-electron chi connectivity index (χ2n) is 8.85. The van der Waals surface area contributed by atoms with Crippen molar-refractivity contribution in [2.75, 3.05) is 25.6 Å². The smallest absolute Gasteiger partial charge is 0.410 e. The van der Waals surface area contributed by atoms with Crippen LogP contribution in [0.4, 0.5) is 15.0 Å². The van der Waals surface area contributed by atoms with E-state index in [0.717, 1.165) is 19.3 Å². The Balaban J connectivity index is 1.66. The minimum atomic E-state index is -0.632. The molecule has 2 heterocycles. The average molecular weight is 423 g/mol. The van der Waals surface area contributed by atoms with Crippen molar-refractivity contribution in [2.24, 2.45) is 0 Å². The Hall–Kier alpha value is -2.58. The standard InChI is InChI=1S/C21H31FN4O4/c1-21(2,3)30-20(28)26-10-6-7-16(26)18(27)23-12-13-11-15(22)17(24-19(13)29-5)25(4)14-8-9-14/h11,14,16H,6-10,12H2,1-5H3,(H,23,27). The van der Waals surface area contributed by atoms with Crippen LogP contribution < -0.4 is 15.0 Å². The van der Waals surface area contributed by atoms with E-state index in [2.05, 4.69) is 10.3 Å². The summed E-state index contributed by atoms with van der Waals surface area (Å²) in [5, 5.41) is 2.79. The summed E-state index contributed by atoms with van der Waals surface area (Å²) >= 11 is 0. The summed E-state index contributed by atoms with van der Waals surface area (Å²) in [7, 11) is 3.28. The van der Waals surface area contributed by atoms with Crippen molar-refractivity contribution in [1.82, 2.24) is 15.2 Å². The highest BCUT2D eigenvalue weighted by atomic mass is 19.1. The number of ether oxygens (including phenoxy) is 2. The zero-order valence-corrected chi connectivity index (χ0v) is 18.3. The lowest BCUT2D eigenvalue weighted by Gasteiger charge is -2.28. The first-order valence-electron chi connectivity index (χ1n) is 10.3. The van der Waals surface area contributed by atoms with Gasteiger partial charge >= 0.3 is 6.09 Å². The van der Waals surface area contributed by atoms with Gasteiger partial charge in [0.1, 0.15) is 11.6 Å². The zero-order chi connectivity index (χ0) is 22.1. The highest BCUT2D eigenvalue weighted by molar-refractivity contribution is 5.86. The number of nitrogens with one attached hydrogen (secondary N) is 1. The SMILES string of the molecule is COc1nc(N(C)C2CC2)c(F)cc1CNC(=O)C1CCCN1C(=O)OC(C)(C)C. The Morgan fingerprint density at radius 2 is 2.03 bits per heavy atom. The number of pyridine rings is 1. The quantitative estimate of drug-likeness (QED) is 0.759. The minimum absolute atomic E-state index is 0.0536. The molecule has 8 nitrogen and oxygen atoms in total. The maximum atomic E-state index is 14.6. The fourth-order valence-electron chi connectivity index (χ4n) is 3.56. The van der Waals surface area contributed by atoms with Gasteiger partial charge in [-0.05, 0) is 52.5 Å². The Labute approximate surface area is 176 Å². The van der Waals surface area contributed by atoms with E-state index in [4.69, 9.17) is 9.47 Å². The van der Waals surface area contributed by atoms with E-state index in [9.17, 15) is 14.0 Å². The van der Waals surface area contributed by atoms with E-state index >= 15 is 0 Å². The number of anilines is 1. The molecule has 1 unspecified atom stereocenters. The minimum Gasteiger partial charge on any atom is -0.481 e. The second-order valence-corrected chi connectivity index (χ2v) is 8.85. The molecule has 1 saturated carbocycles. The highest BCUT2D eigenvalue weighted by Gasteiger charge is 2.36. The summed E-state index contributed by atoms with van der Waals surface area (Å²) in [6.45, 7) is 5.88. The van der Waals surface area contributed by atoms with Crippen molar-refractivity contribution < 1.29 is 23.5 Å². The molecule has 1 atom stereocenters. The molecule has 1 aliphatic heterocycles. The van der Waals surface area contributed by atoms with Gasteiger partial charge in [0.2, 0.25) is 11.8 Å². The van der Waals surface area contributed by atoms with Crippen molar-refractivity contribution in [1.29, 1.82) is 0 Å². The zero-order valence-electron chi connectivity index (χ0n) is 18.3. The molecule has 9 heteroatoms. The number of likely N-dealkylation sites (tertiary alicyclic amines) is 1. The third-order valence-electron chi connectivity index (χ3n) is 5.26. The van der Waals surface area contributed by atoms with E-state index in [1.807, 2.05) is 11.9 Å². The van der Waals surface area contributed by atoms with Gasteiger partial charge in [0.15, 0.2) is 11.6 Å². The van der Waals surface area contributed by atoms with Crippen LogP contribution in [0.25, 0.3) is 0 Å². The van der Waals surface area contributed by atoms with Gasteiger partial charge in [-0.3, -0.25) is 9.69 Å². The van der Waals surface area contributed by atoms with Gasteiger partial charge in [0.25, 0.3) is 0 Å². The maximum absolute atomic E-state index is 14.6. The van der Waals surface area contributed by atoms with Crippen LogP contribution >= 0.6 is 0 Å². The Morgan fingerprint density at radius 1 is 1.33 bits per heavy atom. The monoisotopic (exact) mass is 422 g/mol. The van der Waals surface area contributed by atoms with Gasteiger partial charge in [-0.2, -0.15) is 4.98 Å². The molecule has 2 fully saturated rings. The number of amides is 2. The predicted molar refractivity (Wildman–Crippen MR) is 110 cm³/mol. The first-order valence-corrected chi connectivity index (χ1v) is 10.3. The number of nitrogens with zero attached hydrogens (tertiary/aromatic N) is 3. The van der Waals surface area contributed by atoms with Crippen LogP contribution in [0.1, 0.15) is 52.0 Å². The van der Waals surface area contributed by atoms with Crippen molar-refractivity contribution in [3.63, 3.8) is 0 Å². The largest absolute Gasteiger partial charge is 0.481 e. The number of aromatic nitrogens is 1. The summed E-state index contributed by atoms with van der Waals surface area (Å²) in [5.74, 6) is -0.239. The van der Waals surface area contributed by atoms with Crippen LogP contribution in [0.5, 0.6) is 5.88 Å². The molecule has 0 spiro atoms. The average Bonchev–Trinajstić information content (AvgIpc) is 3.40. The second kappa shape index (κ2) is 8.65. The van der Waals surface area contributed by atoms with Crippen LogP contribution in [0.2, 0.25) is 0 Å². The molecule has 1 aliphatic carbocycles. The summed E-state index contributed by atoms with van der Waals surface area (Å²) in [4.78, 5) is 32.7. The number of rotatable bonds is 6. The normalized spacial score (nSPS) is 18.9. The molecular formula is C21H31FN4O4. The number of hydrogen-bond acceptors (Lipinski definition) is 6.